The van der Waals surface area contributed by atoms with Gasteiger partial charge in [0.1, 0.15) is 18.1 Å². The maximum atomic E-state index is 12.5. The van der Waals surface area contributed by atoms with Crippen molar-refractivity contribution < 1.29 is 23.8 Å². The zero-order valence-corrected chi connectivity index (χ0v) is 14.9. The lowest BCUT2D eigenvalue weighted by atomic mass is 10.1. The van der Waals surface area contributed by atoms with Gasteiger partial charge in [-0.25, -0.2) is 0 Å². The van der Waals surface area contributed by atoms with Crippen molar-refractivity contribution in [3.05, 3.63) is 53.6 Å². The van der Waals surface area contributed by atoms with E-state index in [4.69, 9.17) is 14.2 Å². The Morgan fingerprint density at radius 1 is 1.19 bits per heavy atom. The van der Waals surface area contributed by atoms with E-state index in [2.05, 4.69) is 0 Å². The molecule has 0 fully saturated rings. The number of ether oxygens (including phenoxy) is 3. The number of rotatable bonds is 5. The molecule has 3 rings (SSSR count). The van der Waals surface area contributed by atoms with Crippen LogP contribution in [0.25, 0.3) is 0 Å². The maximum absolute atomic E-state index is 12.5. The normalized spacial score (nSPS) is 12.8. The maximum Gasteiger partial charge on any atom is 0.310 e. The van der Waals surface area contributed by atoms with Gasteiger partial charge < -0.3 is 19.1 Å². The van der Waals surface area contributed by atoms with Crippen LogP contribution < -0.4 is 14.4 Å². The monoisotopic (exact) mass is 355 g/mol. The van der Waals surface area contributed by atoms with Gasteiger partial charge in [0.25, 0.3) is 5.91 Å². The van der Waals surface area contributed by atoms with Crippen molar-refractivity contribution in [2.45, 2.75) is 13.3 Å². The molecule has 136 valence electrons. The molecule has 1 aliphatic heterocycles. The van der Waals surface area contributed by atoms with Gasteiger partial charge in [-0.2, -0.15) is 0 Å². The Hall–Kier alpha value is -3.02. The molecule has 6 heteroatoms. The van der Waals surface area contributed by atoms with E-state index in [0.29, 0.717) is 30.3 Å². The van der Waals surface area contributed by atoms with Crippen molar-refractivity contribution in [3.63, 3.8) is 0 Å². The molecule has 0 saturated carbocycles. The summed E-state index contributed by atoms with van der Waals surface area (Å²) >= 11 is 0. The second-order valence-electron chi connectivity index (χ2n) is 6.01. The molecule has 0 aliphatic carbocycles. The molecule has 0 unspecified atom stereocenters. The summed E-state index contributed by atoms with van der Waals surface area (Å²) in [6.45, 7) is 2.49. The molecule has 0 aromatic heterocycles. The molecule has 0 spiro atoms. The predicted octanol–water partition coefficient (Wildman–Crippen LogP) is 2.51. The first-order valence-electron chi connectivity index (χ1n) is 8.40. The Bertz CT molecular complexity index is 818. The molecule has 0 atom stereocenters. The summed E-state index contributed by atoms with van der Waals surface area (Å²) < 4.78 is 16.0. The highest BCUT2D eigenvalue weighted by molar-refractivity contribution is 5.97. The Morgan fingerprint density at radius 3 is 2.81 bits per heavy atom. The number of methoxy groups -OCH3 is 1. The Labute approximate surface area is 152 Å². The fourth-order valence-electron chi connectivity index (χ4n) is 2.86. The Morgan fingerprint density at radius 2 is 2.00 bits per heavy atom. The van der Waals surface area contributed by atoms with E-state index in [-0.39, 0.29) is 18.9 Å². The van der Waals surface area contributed by atoms with Crippen molar-refractivity contribution in [1.29, 1.82) is 0 Å². The minimum absolute atomic E-state index is 0.0517. The molecular weight excluding hydrogens is 334 g/mol. The summed E-state index contributed by atoms with van der Waals surface area (Å²) in [4.78, 5) is 26.2. The number of carbonyl (C=O) groups is 2. The number of carbonyl (C=O) groups excluding carboxylic acids is 2. The van der Waals surface area contributed by atoms with E-state index in [9.17, 15) is 9.59 Å². The molecule has 2 aromatic carbocycles. The number of hydrogen-bond acceptors (Lipinski definition) is 5. The zero-order chi connectivity index (χ0) is 18.5. The van der Waals surface area contributed by atoms with Crippen molar-refractivity contribution >= 4 is 17.6 Å². The SMILES string of the molecule is COc1ccccc1CC(=O)OCC(=O)N1CCOc2ccc(C)cc21. The van der Waals surface area contributed by atoms with Gasteiger partial charge in [-0.3, -0.25) is 9.59 Å². The first-order valence-corrected chi connectivity index (χ1v) is 8.40. The second-order valence-corrected chi connectivity index (χ2v) is 6.01. The van der Waals surface area contributed by atoms with Crippen LogP contribution in [0, 0.1) is 6.92 Å². The van der Waals surface area contributed by atoms with Crippen LogP contribution in [-0.2, 0) is 20.7 Å². The Kier molecular flexibility index (Phi) is 5.41. The summed E-state index contributed by atoms with van der Waals surface area (Å²) in [5.74, 6) is 0.540. The van der Waals surface area contributed by atoms with Gasteiger partial charge in [0, 0.05) is 5.56 Å². The molecule has 0 saturated heterocycles. The first-order chi connectivity index (χ1) is 12.6. The third-order valence-electron chi connectivity index (χ3n) is 4.16. The third-order valence-corrected chi connectivity index (χ3v) is 4.16. The fourth-order valence-corrected chi connectivity index (χ4v) is 2.86. The second kappa shape index (κ2) is 7.91. The van der Waals surface area contributed by atoms with Gasteiger partial charge in [0.15, 0.2) is 6.61 Å². The molecule has 0 bridgehead atoms. The van der Waals surface area contributed by atoms with Crippen molar-refractivity contribution in [3.8, 4) is 11.5 Å². The number of benzene rings is 2. The number of aryl methyl sites for hydroxylation is 1. The largest absolute Gasteiger partial charge is 0.496 e. The fraction of sp³-hybridized carbons (Fsp3) is 0.300. The number of nitrogens with zero attached hydrogens (tertiary/aromatic N) is 1. The van der Waals surface area contributed by atoms with Crippen molar-refractivity contribution in [2.24, 2.45) is 0 Å². The number of para-hydroxylation sites is 1. The molecule has 1 heterocycles. The zero-order valence-electron chi connectivity index (χ0n) is 14.9. The third kappa shape index (κ3) is 3.96. The topological polar surface area (TPSA) is 65.1 Å². The average Bonchev–Trinajstić information content (AvgIpc) is 2.66. The van der Waals surface area contributed by atoms with Crippen molar-refractivity contribution in [1.82, 2.24) is 0 Å². The molecule has 0 N–H and O–H groups in total. The quantitative estimate of drug-likeness (QED) is 0.771. The lowest BCUT2D eigenvalue weighted by molar-refractivity contribution is -0.147. The van der Waals surface area contributed by atoms with Crippen LogP contribution in [0.5, 0.6) is 11.5 Å². The van der Waals surface area contributed by atoms with E-state index < -0.39 is 5.97 Å². The van der Waals surface area contributed by atoms with Crippen LogP contribution >= 0.6 is 0 Å². The summed E-state index contributed by atoms with van der Waals surface area (Å²) in [5, 5.41) is 0. The van der Waals surface area contributed by atoms with Crippen LogP contribution in [0.4, 0.5) is 5.69 Å². The van der Waals surface area contributed by atoms with E-state index in [1.807, 2.05) is 37.3 Å². The van der Waals surface area contributed by atoms with Crippen LogP contribution in [-0.4, -0.2) is 38.7 Å². The van der Waals surface area contributed by atoms with Crippen molar-refractivity contribution in [2.75, 3.05) is 31.8 Å². The molecule has 2 aromatic rings. The highest BCUT2D eigenvalue weighted by Crippen LogP contribution is 2.32. The number of esters is 1. The highest BCUT2D eigenvalue weighted by atomic mass is 16.5. The minimum atomic E-state index is -0.472. The van der Waals surface area contributed by atoms with Crippen LogP contribution in [0.1, 0.15) is 11.1 Å². The smallest absolute Gasteiger partial charge is 0.310 e. The molecule has 26 heavy (non-hydrogen) atoms. The lowest BCUT2D eigenvalue weighted by Gasteiger charge is -2.29. The number of anilines is 1. The van der Waals surface area contributed by atoms with Gasteiger partial charge in [-0.05, 0) is 30.7 Å². The molecule has 1 amide bonds. The van der Waals surface area contributed by atoms with Crippen LogP contribution in [0.15, 0.2) is 42.5 Å². The highest BCUT2D eigenvalue weighted by Gasteiger charge is 2.24. The van der Waals surface area contributed by atoms with E-state index >= 15 is 0 Å². The minimum Gasteiger partial charge on any atom is -0.496 e. The standard InChI is InChI=1S/C20H21NO5/c1-14-7-8-18-16(11-14)21(9-10-25-18)19(22)13-26-20(23)12-15-5-3-4-6-17(15)24-2/h3-8,11H,9-10,12-13H2,1-2H3. The van der Waals surface area contributed by atoms with Gasteiger partial charge in [-0.1, -0.05) is 24.3 Å². The van der Waals surface area contributed by atoms with Gasteiger partial charge in [0.05, 0.1) is 25.8 Å². The summed E-state index contributed by atoms with van der Waals surface area (Å²) in [6, 6.07) is 12.9. The van der Waals surface area contributed by atoms with Gasteiger partial charge >= 0.3 is 5.97 Å². The van der Waals surface area contributed by atoms with E-state index in [0.717, 1.165) is 11.1 Å². The number of fused-ring (bicyclic) bond motifs is 1. The first kappa shape index (κ1) is 17.8. The molecule has 1 aliphatic rings. The number of amides is 1. The predicted molar refractivity (Wildman–Crippen MR) is 96.7 cm³/mol. The van der Waals surface area contributed by atoms with E-state index in [1.54, 1.807) is 24.1 Å². The molecular formula is C20H21NO5. The van der Waals surface area contributed by atoms with Crippen LogP contribution in [0.3, 0.4) is 0 Å². The lowest BCUT2D eigenvalue weighted by Crippen LogP contribution is -2.40. The summed E-state index contributed by atoms with van der Waals surface area (Å²) in [5.41, 5.74) is 2.46. The van der Waals surface area contributed by atoms with Gasteiger partial charge in [-0.15, -0.1) is 0 Å². The molecule has 6 nitrogen and oxygen atoms in total. The Balaban J connectivity index is 1.61. The van der Waals surface area contributed by atoms with E-state index in [1.165, 1.54) is 0 Å². The average molecular weight is 355 g/mol. The van der Waals surface area contributed by atoms with Gasteiger partial charge in [0.2, 0.25) is 0 Å². The summed E-state index contributed by atoms with van der Waals surface area (Å²) in [6.07, 6.45) is 0.0517. The number of hydrogen-bond donors (Lipinski definition) is 0. The van der Waals surface area contributed by atoms with Crippen LogP contribution in [0.2, 0.25) is 0 Å². The molecule has 0 radical (unpaired) electrons. The summed E-state index contributed by atoms with van der Waals surface area (Å²) in [7, 11) is 1.55.